The predicted molar refractivity (Wildman–Crippen MR) is 198 cm³/mol. The highest BCUT2D eigenvalue weighted by Gasteiger charge is 2.40. The number of carbonyl (C=O) groups is 2. The van der Waals surface area contributed by atoms with Gasteiger partial charge >= 0.3 is 6.09 Å². The largest absolute Gasteiger partial charge is 0.506 e. The number of aromatic hydroxyl groups is 1. The number of H-pyrrole nitrogens is 1. The van der Waals surface area contributed by atoms with Gasteiger partial charge in [-0.2, -0.15) is 0 Å². The monoisotopic (exact) mass is 691 g/mol. The first-order valence-electron chi connectivity index (χ1n) is 17.4. The number of aromatic nitrogens is 1. The molecule has 1 fully saturated rings. The van der Waals surface area contributed by atoms with Gasteiger partial charge < -0.3 is 41.2 Å². The number of carbonyl (C=O) groups excluding carboxylic acids is 2. The lowest BCUT2D eigenvalue weighted by atomic mass is 9.69. The summed E-state index contributed by atoms with van der Waals surface area (Å²) < 4.78 is 5.77. The fraction of sp³-hybridized carbons (Fsp3) is 0.325. The van der Waals surface area contributed by atoms with Crippen LogP contribution in [0.2, 0.25) is 0 Å². The van der Waals surface area contributed by atoms with Crippen LogP contribution in [-0.4, -0.2) is 59.0 Å². The van der Waals surface area contributed by atoms with Crippen molar-refractivity contribution in [2.45, 2.75) is 62.8 Å². The molecule has 3 atom stereocenters. The number of pyridine rings is 1. The Morgan fingerprint density at radius 1 is 1.02 bits per heavy atom. The van der Waals surface area contributed by atoms with E-state index in [0.717, 1.165) is 42.6 Å². The lowest BCUT2D eigenvalue weighted by Gasteiger charge is -2.39. The number of phenols is 1. The number of piperidine rings is 1. The van der Waals surface area contributed by atoms with Gasteiger partial charge in [-0.1, -0.05) is 66.8 Å². The molecule has 1 aromatic heterocycles. The Bertz CT molecular complexity index is 1970. The number of aliphatic hydroxyl groups is 1. The molecule has 0 spiro atoms. The summed E-state index contributed by atoms with van der Waals surface area (Å²) in [7, 11) is 0. The number of benzene rings is 3. The van der Waals surface area contributed by atoms with Crippen molar-refractivity contribution < 1.29 is 24.5 Å². The van der Waals surface area contributed by atoms with Crippen LogP contribution in [0.25, 0.3) is 10.9 Å². The maximum Gasteiger partial charge on any atom is 0.407 e. The second-order valence-electron chi connectivity index (χ2n) is 13.2. The molecule has 1 aliphatic heterocycles. The van der Waals surface area contributed by atoms with Gasteiger partial charge in [0.1, 0.15) is 11.9 Å². The molecule has 2 aliphatic rings. The average Bonchev–Trinajstić information content (AvgIpc) is 3.13. The predicted octanol–water partition coefficient (Wildman–Crippen LogP) is 4.99. The van der Waals surface area contributed by atoms with Crippen LogP contribution >= 0.6 is 0 Å². The third kappa shape index (κ3) is 8.57. The third-order valence-electron chi connectivity index (χ3n) is 9.83. The van der Waals surface area contributed by atoms with Crippen molar-refractivity contribution >= 4 is 28.6 Å². The van der Waals surface area contributed by atoms with Crippen molar-refractivity contribution in [1.82, 2.24) is 20.9 Å². The first-order valence-corrected chi connectivity index (χ1v) is 17.4. The Labute approximate surface area is 296 Å². The van der Waals surface area contributed by atoms with Crippen LogP contribution in [-0.2, 0) is 21.5 Å². The van der Waals surface area contributed by atoms with Crippen molar-refractivity contribution in [1.29, 1.82) is 0 Å². The number of anilines is 1. The fourth-order valence-electron chi connectivity index (χ4n) is 6.97. The summed E-state index contributed by atoms with van der Waals surface area (Å²) in [5, 5.41) is 34.4. The van der Waals surface area contributed by atoms with E-state index in [9.17, 15) is 24.6 Å². The Hall–Kier alpha value is -5.23. The van der Waals surface area contributed by atoms with Gasteiger partial charge in [0.25, 0.3) is 0 Å². The van der Waals surface area contributed by atoms with E-state index in [4.69, 9.17) is 4.74 Å². The molecule has 1 saturated heterocycles. The highest BCUT2D eigenvalue weighted by Crippen LogP contribution is 2.38. The molecule has 3 aromatic carbocycles. The molecular formula is C40H45N5O6. The molecule has 4 aromatic rings. The molecule has 1 aliphatic carbocycles. The van der Waals surface area contributed by atoms with Crippen LogP contribution in [0.5, 0.6) is 5.75 Å². The summed E-state index contributed by atoms with van der Waals surface area (Å²) >= 11 is 0. The summed E-state index contributed by atoms with van der Waals surface area (Å²) in [6.07, 6.45) is 8.60. The van der Waals surface area contributed by atoms with Gasteiger partial charge in [-0.05, 0) is 85.8 Å². The molecule has 6 rings (SSSR count). The van der Waals surface area contributed by atoms with E-state index < -0.39 is 23.7 Å². The topological polar surface area (TPSA) is 165 Å². The molecule has 266 valence electrons. The molecule has 11 heteroatoms. The van der Waals surface area contributed by atoms with Gasteiger partial charge in [-0.3, -0.25) is 9.59 Å². The second kappa shape index (κ2) is 16.2. The van der Waals surface area contributed by atoms with E-state index in [1.165, 1.54) is 12.1 Å². The lowest BCUT2D eigenvalue weighted by Crippen LogP contribution is -2.50. The number of hydrogen-bond acceptors (Lipinski definition) is 8. The number of nitrogens with one attached hydrogen (secondary N) is 5. The normalized spacial score (nSPS) is 19.5. The van der Waals surface area contributed by atoms with Gasteiger partial charge in [-0.15, -0.1) is 0 Å². The maximum absolute atomic E-state index is 13.5. The second-order valence-corrected chi connectivity index (χ2v) is 13.2. The van der Waals surface area contributed by atoms with Crippen LogP contribution in [0.1, 0.15) is 54.0 Å². The van der Waals surface area contributed by atoms with E-state index >= 15 is 0 Å². The fourth-order valence-corrected chi connectivity index (χ4v) is 6.97. The van der Waals surface area contributed by atoms with Crippen LogP contribution < -0.4 is 26.8 Å². The van der Waals surface area contributed by atoms with Gasteiger partial charge in [0.05, 0.1) is 17.7 Å². The summed E-state index contributed by atoms with van der Waals surface area (Å²) in [4.78, 5) is 40.9. The van der Waals surface area contributed by atoms with Gasteiger partial charge in [0.2, 0.25) is 11.5 Å². The van der Waals surface area contributed by atoms with Crippen LogP contribution in [0.15, 0.2) is 102 Å². The number of alkyl carbamates (subject to hydrolysis) is 1. The smallest absolute Gasteiger partial charge is 0.407 e. The summed E-state index contributed by atoms with van der Waals surface area (Å²) in [5.74, 6) is -0.215. The third-order valence-corrected chi connectivity index (χ3v) is 9.83. The number of aryl methyl sites for hydroxylation is 1. The Balaban J connectivity index is 1.09. The standard InChI is InChI=1S/C40H45N5O6/c1-26-10-11-29(23-27(26)24-42-25-34(47)31-12-14-33(46)38-32(31)13-15-36(48)45-38)43-37(49)16-20-40(28-7-3-2-4-8-28)19-6-5-9-35(40)44-39(50)51-30-17-21-41-22-18-30/h2-15,19,23,30,34-35,41-42,46-47H,16-18,20-22,24-25H2,1H3,(H,43,49)(H,44,50)(H,45,48)/t34-,35?,40?/m0/s1. The molecule has 11 nitrogen and oxygen atoms in total. The first-order chi connectivity index (χ1) is 24.7. The minimum atomic E-state index is -0.896. The number of rotatable bonds is 12. The summed E-state index contributed by atoms with van der Waals surface area (Å²) in [5.41, 5.74) is 3.49. The van der Waals surface area contributed by atoms with Crippen molar-refractivity contribution in [2.24, 2.45) is 0 Å². The highest BCUT2D eigenvalue weighted by atomic mass is 16.6. The summed E-state index contributed by atoms with van der Waals surface area (Å²) in [6, 6.07) is 21.3. The molecule has 51 heavy (non-hydrogen) atoms. The molecular weight excluding hydrogens is 646 g/mol. The lowest BCUT2D eigenvalue weighted by molar-refractivity contribution is -0.116. The number of ether oxygens (including phenoxy) is 1. The molecule has 2 amide bonds. The minimum absolute atomic E-state index is 0.0625. The van der Waals surface area contributed by atoms with E-state index in [0.29, 0.717) is 29.6 Å². The van der Waals surface area contributed by atoms with Crippen molar-refractivity contribution in [3.63, 3.8) is 0 Å². The zero-order valence-electron chi connectivity index (χ0n) is 28.7. The number of allylic oxidation sites excluding steroid dienone is 2. The number of aliphatic hydroxyl groups excluding tert-OH is 1. The molecule has 7 N–H and O–H groups in total. The van der Waals surface area contributed by atoms with Gasteiger partial charge in [-0.25, -0.2) is 4.79 Å². The van der Waals surface area contributed by atoms with Crippen molar-refractivity contribution in [2.75, 3.05) is 25.0 Å². The highest BCUT2D eigenvalue weighted by molar-refractivity contribution is 5.91. The number of aromatic amines is 1. The van der Waals surface area contributed by atoms with Gasteiger partial charge in [0, 0.05) is 42.1 Å². The first kappa shape index (κ1) is 35.6. The number of amides is 2. The molecule has 2 heterocycles. The SMILES string of the molecule is Cc1ccc(NC(=O)CCC2(c3ccccc3)C=CC=CC2NC(=O)OC2CCNCC2)cc1CNC[C@H](O)c1ccc(O)c2[nH]c(=O)ccc12. The van der Waals surface area contributed by atoms with E-state index in [-0.39, 0.29) is 41.8 Å². The quantitative estimate of drug-likeness (QED) is 0.109. The van der Waals surface area contributed by atoms with Gasteiger partial charge in [0.15, 0.2) is 0 Å². The van der Waals surface area contributed by atoms with Crippen molar-refractivity contribution in [3.8, 4) is 5.75 Å². The zero-order valence-corrected chi connectivity index (χ0v) is 28.7. The molecule has 0 saturated carbocycles. The minimum Gasteiger partial charge on any atom is -0.506 e. The average molecular weight is 692 g/mol. The van der Waals surface area contributed by atoms with Crippen LogP contribution in [0, 0.1) is 6.92 Å². The zero-order chi connectivity index (χ0) is 35.8. The summed E-state index contributed by atoms with van der Waals surface area (Å²) in [6.45, 7) is 4.28. The Morgan fingerprint density at radius 3 is 2.63 bits per heavy atom. The molecule has 0 radical (unpaired) electrons. The van der Waals surface area contributed by atoms with Crippen molar-refractivity contribution in [3.05, 3.63) is 130 Å². The Morgan fingerprint density at radius 2 is 1.82 bits per heavy atom. The number of hydrogen-bond donors (Lipinski definition) is 7. The molecule has 2 unspecified atom stereocenters. The maximum atomic E-state index is 13.5. The van der Waals surface area contributed by atoms with Crippen LogP contribution in [0.3, 0.4) is 0 Å². The van der Waals surface area contributed by atoms with E-state index in [1.807, 2.05) is 73.7 Å². The Kier molecular flexibility index (Phi) is 11.3. The number of fused-ring (bicyclic) bond motifs is 1. The molecule has 0 bridgehead atoms. The van der Waals surface area contributed by atoms with E-state index in [1.54, 1.807) is 12.1 Å². The van der Waals surface area contributed by atoms with E-state index in [2.05, 4.69) is 32.3 Å². The number of phenolic OH excluding ortho intramolecular Hbond substituents is 1. The van der Waals surface area contributed by atoms with Crippen LogP contribution in [0.4, 0.5) is 10.5 Å².